The highest BCUT2D eigenvalue weighted by Gasteiger charge is 2.05. The molecule has 96 valence electrons. The Morgan fingerprint density at radius 1 is 1.35 bits per heavy atom. The first-order valence-corrected chi connectivity index (χ1v) is 5.93. The molecule has 0 aliphatic rings. The number of aliphatic hydroxyl groups excluding tert-OH is 1. The van der Waals surface area contributed by atoms with Crippen LogP contribution >= 0.6 is 0 Å². The molecule has 0 spiro atoms. The van der Waals surface area contributed by atoms with Crippen molar-refractivity contribution >= 4 is 0 Å². The van der Waals surface area contributed by atoms with Gasteiger partial charge in [0.05, 0.1) is 13.7 Å². The van der Waals surface area contributed by atoms with Crippen molar-refractivity contribution in [3.63, 3.8) is 0 Å². The fourth-order valence-corrected chi connectivity index (χ4v) is 1.47. The summed E-state index contributed by atoms with van der Waals surface area (Å²) < 4.78 is 10.8. The van der Waals surface area contributed by atoms with Crippen LogP contribution in [0.25, 0.3) is 0 Å². The van der Waals surface area contributed by atoms with Gasteiger partial charge in [0.15, 0.2) is 0 Å². The lowest BCUT2D eigenvalue weighted by Gasteiger charge is -2.13. The zero-order valence-electron chi connectivity index (χ0n) is 10.5. The van der Waals surface area contributed by atoms with E-state index in [1.54, 1.807) is 7.11 Å². The SMILES string of the molecule is CCNCc1cc(OC)ccc1OCCCO. The fourth-order valence-electron chi connectivity index (χ4n) is 1.47. The molecule has 17 heavy (non-hydrogen) atoms. The average Bonchev–Trinajstić information content (AvgIpc) is 2.37. The Balaban J connectivity index is 2.71. The second-order valence-electron chi connectivity index (χ2n) is 3.68. The summed E-state index contributed by atoms with van der Waals surface area (Å²) in [5.74, 6) is 1.67. The Hall–Kier alpha value is -1.26. The van der Waals surface area contributed by atoms with E-state index in [-0.39, 0.29) is 6.61 Å². The van der Waals surface area contributed by atoms with Crippen LogP contribution in [-0.2, 0) is 6.54 Å². The van der Waals surface area contributed by atoms with Gasteiger partial charge in [-0.05, 0) is 24.7 Å². The fraction of sp³-hybridized carbons (Fsp3) is 0.538. The van der Waals surface area contributed by atoms with Crippen molar-refractivity contribution in [2.75, 3.05) is 26.9 Å². The molecule has 4 nitrogen and oxygen atoms in total. The van der Waals surface area contributed by atoms with Crippen LogP contribution in [-0.4, -0.2) is 32.0 Å². The van der Waals surface area contributed by atoms with Crippen molar-refractivity contribution in [1.29, 1.82) is 0 Å². The number of ether oxygens (including phenoxy) is 2. The Bertz CT molecular complexity index is 328. The normalized spacial score (nSPS) is 10.3. The van der Waals surface area contributed by atoms with E-state index in [0.29, 0.717) is 13.0 Å². The third-order valence-electron chi connectivity index (χ3n) is 2.39. The molecular formula is C13H21NO3. The Kier molecular flexibility index (Phi) is 6.43. The molecule has 0 fully saturated rings. The zero-order chi connectivity index (χ0) is 12.5. The quantitative estimate of drug-likeness (QED) is 0.676. The van der Waals surface area contributed by atoms with Crippen LogP contribution < -0.4 is 14.8 Å². The summed E-state index contributed by atoms with van der Waals surface area (Å²) >= 11 is 0. The van der Waals surface area contributed by atoms with E-state index in [1.807, 2.05) is 18.2 Å². The average molecular weight is 239 g/mol. The number of hydrogen-bond acceptors (Lipinski definition) is 4. The third-order valence-corrected chi connectivity index (χ3v) is 2.39. The van der Waals surface area contributed by atoms with Gasteiger partial charge in [-0.2, -0.15) is 0 Å². The van der Waals surface area contributed by atoms with E-state index < -0.39 is 0 Å². The first kappa shape index (κ1) is 13.8. The molecule has 0 saturated carbocycles. The van der Waals surface area contributed by atoms with Crippen molar-refractivity contribution in [2.24, 2.45) is 0 Å². The summed E-state index contributed by atoms with van der Waals surface area (Å²) in [6, 6.07) is 5.75. The van der Waals surface area contributed by atoms with Gasteiger partial charge in [0.2, 0.25) is 0 Å². The standard InChI is InChI=1S/C13H21NO3/c1-3-14-10-11-9-12(16-2)5-6-13(11)17-8-4-7-15/h5-6,9,14-15H,3-4,7-8,10H2,1-2H3. The van der Waals surface area contributed by atoms with Crippen molar-refractivity contribution in [1.82, 2.24) is 5.32 Å². The molecule has 0 aromatic heterocycles. The van der Waals surface area contributed by atoms with Gasteiger partial charge < -0.3 is 19.9 Å². The highest BCUT2D eigenvalue weighted by molar-refractivity contribution is 5.40. The molecule has 4 heteroatoms. The maximum atomic E-state index is 8.72. The molecule has 0 bridgehead atoms. The maximum absolute atomic E-state index is 8.72. The minimum absolute atomic E-state index is 0.151. The van der Waals surface area contributed by atoms with Crippen LogP contribution in [0.3, 0.4) is 0 Å². The van der Waals surface area contributed by atoms with Crippen LogP contribution in [0.2, 0.25) is 0 Å². The number of rotatable bonds is 8. The number of benzene rings is 1. The largest absolute Gasteiger partial charge is 0.497 e. The minimum Gasteiger partial charge on any atom is -0.497 e. The molecule has 0 radical (unpaired) electrons. The second kappa shape index (κ2) is 7.92. The van der Waals surface area contributed by atoms with E-state index >= 15 is 0 Å². The van der Waals surface area contributed by atoms with E-state index in [4.69, 9.17) is 14.6 Å². The van der Waals surface area contributed by atoms with Gasteiger partial charge in [0, 0.05) is 25.1 Å². The first-order valence-electron chi connectivity index (χ1n) is 5.93. The van der Waals surface area contributed by atoms with Crippen LogP contribution in [0, 0.1) is 0 Å². The van der Waals surface area contributed by atoms with E-state index in [0.717, 1.165) is 30.2 Å². The molecule has 2 N–H and O–H groups in total. The van der Waals surface area contributed by atoms with Gasteiger partial charge in [-0.1, -0.05) is 6.92 Å². The third kappa shape index (κ3) is 4.63. The van der Waals surface area contributed by atoms with Gasteiger partial charge in [0.1, 0.15) is 11.5 Å². The molecule has 1 aromatic carbocycles. The Morgan fingerprint density at radius 2 is 2.18 bits per heavy atom. The summed E-state index contributed by atoms with van der Waals surface area (Å²) in [6.45, 7) is 4.41. The summed E-state index contributed by atoms with van der Waals surface area (Å²) in [7, 11) is 1.65. The van der Waals surface area contributed by atoms with Crippen molar-refractivity contribution in [3.8, 4) is 11.5 Å². The molecule has 0 aliphatic carbocycles. The second-order valence-corrected chi connectivity index (χ2v) is 3.68. The van der Waals surface area contributed by atoms with Gasteiger partial charge >= 0.3 is 0 Å². The smallest absolute Gasteiger partial charge is 0.124 e. The van der Waals surface area contributed by atoms with Gasteiger partial charge in [-0.15, -0.1) is 0 Å². The van der Waals surface area contributed by atoms with E-state index in [1.165, 1.54) is 0 Å². The summed E-state index contributed by atoms with van der Waals surface area (Å²) in [5, 5.41) is 12.0. The van der Waals surface area contributed by atoms with Crippen LogP contribution in [0.15, 0.2) is 18.2 Å². The topological polar surface area (TPSA) is 50.7 Å². The summed E-state index contributed by atoms with van der Waals surface area (Å²) in [6.07, 6.45) is 0.646. The minimum atomic E-state index is 0.151. The van der Waals surface area contributed by atoms with Crippen LogP contribution in [0.5, 0.6) is 11.5 Å². The number of hydrogen-bond donors (Lipinski definition) is 2. The Labute approximate surface area is 103 Å². The molecule has 0 amide bonds. The first-order chi connectivity index (χ1) is 8.31. The highest BCUT2D eigenvalue weighted by Crippen LogP contribution is 2.24. The predicted molar refractivity (Wildman–Crippen MR) is 67.6 cm³/mol. The lowest BCUT2D eigenvalue weighted by atomic mass is 10.2. The van der Waals surface area contributed by atoms with Gasteiger partial charge in [-0.3, -0.25) is 0 Å². The molecular weight excluding hydrogens is 218 g/mol. The summed E-state index contributed by atoms with van der Waals surface area (Å²) in [4.78, 5) is 0. The number of nitrogens with one attached hydrogen (secondary N) is 1. The van der Waals surface area contributed by atoms with Crippen molar-refractivity contribution < 1.29 is 14.6 Å². The number of aliphatic hydroxyl groups is 1. The van der Waals surface area contributed by atoms with Gasteiger partial charge in [0.25, 0.3) is 0 Å². The van der Waals surface area contributed by atoms with Crippen LogP contribution in [0.4, 0.5) is 0 Å². The molecule has 1 aromatic rings. The molecule has 0 heterocycles. The van der Waals surface area contributed by atoms with E-state index in [2.05, 4.69) is 12.2 Å². The van der Waals surface area contributed by atoms with Crippen LogP contribution in [0.1, 0.15) is 18.9 Å². The lowest BCUT2D eigenvalue weighted by Crippen LogP contribution is -2.13. The maximum Gasteiger partial charge on any atom is 0.124 e. The number of methoxy groups -OCH3 is 1. The van der Waals surface area contributed by atoms with Gasteiger partial charge in [-0.25, -0.2) is 0 Å². The monoisotopic (exact) mass is 239 g/mol. The molecule has 0 atom stereocenters. The van der Waals surface area contributed by atoms with Crippen molar-refractivity contribution in [3.05, 3.63) is 23.8 Å². The predicted octanol–water partition coefficient (Wildman–Crippen LogP) is 1.57. The summed E-state index contributed by atoms with van der Waals surface area (Å²) in [5.41, 5.74) is 1.07. The molecule has 0 unspecified atom stereocenters. The molecule has 0 aliphatic heterocycles. The zero-order valence-corrected chi connectivity index (χ0v) is 10.5. The molecule has 0 saturated heterocycles. The molecule has 1 rings (SSSR count). The van der Waals surface area contributed by atoms with E-state index in [9.17, 15) is 0 Å². The highest BCUT2D eigenvalue weighted by atomic mass is 16.5. The Morgan fingerprint density at radius 3 is 2.82 bits per heavy atom. The van der Waals surface area contributed by atoms with Crippen molar-refractivity contribution in [2.45, 2.75) is 19.9 Å². The lowest BCUT2D eigenvalue weighted by molar-refractivity contribution is 0.232.